The third-order valence-electron chi connectivity index (χ3n) is 5.51. The number of aryl methyl sites for hydroxylation is 2. The number of nitrogens with one attached hydrogen (secondary N) is 1. The van der Waals surface area contributed by atoms with Crippen molar-refractivity contribution >= 4 is 31.4 Å². The van der Waals surface area contributed by atoms with E-state index in [1.165, 1.54) is 4.41 Å². The number of sulfonamides is 2. The molecular formula is C24H25N3O4S2. The molecule has 0 unspecified atom stereocenters. The van der Waals surface area contributed by atoms with Crippen molar-refractivity contribution in [2.24, 2.45) is 5.10 Å². The molecule has 172 valence electrons. The van der Waals surface area contributed by atoms with E-state index in [0.717, 1.165) is 28.5 Å². The van der Waals surface area contributed by atoms with Crippen molar-refractivity contribution in [1.29, 1.82) is 0 Å². The highest BCUT2D eigenvalue weighted by Gasteiger charge is 2.38. The topological polar surface area (TPSA) is 95.9 Å². The first-order valence-corrected chi connectivity index (χ1v) is 13.7. The van der Waals surface area contributed by atoms with Gasteiger partial charge in [-0.3, -0.25) is 4.72 Å². The number of rotatable bonds is 6. The second-order valence-corrected chi connectivity index (χ2v) is 11.7. The molecule has 33 heavy (non-hydrogen) atoms. The summed E-state index contributed by atoms with van der Waals surface area (Å²) in [5.74, 6) is 0. The second-order valence-electron chi connectivity index (χ2n) is 8.17. The number of hydrogen-bond donors (Lipinski definition) is 1. The van der Waals surface area contributed by atoms with Gasteiger partial charge in [0.15, 0.2) is 0 Å². The van der Waals surface area contributed by atoms with Crippen molar-refractivity contribution in [1.82, 2.24) is 4.41 Å². The summed E-state index contributed by atoms with van der Waals surface area (Å²) in [6.07, 6.45) is 1.48. The van der Waals surface area contributed by atoms with Crippen molar-refractivity contribution in [3.05, 3.63) is 95.1 Å². The molecule has 1 atom stereocenters. The van der Waals surface area contributed by atoms with Gasteiger partial charge in [0.05, 0.1) is 22.9 Å². The van der Waals surface area contributed by atoms with Gasteiger partial charge in [0.1, 0.15) is 0 Å². The largest absolute Gasteiger partial charge is 0.284 e. The van der Waals surface area contributed by atoms with E-state index >= 15 is 0 Å². The molecule has 7 nitrogen and oxygen atoms in total. The first-order chi connectivity index (χ1) is 15.5. The van der Waals surface area contributed by atoms with E-state index in [1.54, 1.807) is 48.5 Å². The Kier molecular flexibility index (Phi) is 6.02. The minimum Gasteiger partial charge on any atom is -0.284 e. The third-order valence-corrected chi connectivity index (χ3v) is 7.81. The molecule has 1 heterocycles. The Hall–Kier alpha value is -3.17. The van der Waals surface area contributed by atoms with Crippen LogP contribution in [0.2, 0.25) is 0 Å². The lowest BCUT2D eigenvalue weighted by Gasteiger charge is -2.24. The van der Waals surface area contributed by atoms with Crippen LogP contribution in [-0.2, 0) is 20.0 Å². The number of anilines is 1. The molecule has 3 aromatic rings. The summed E-state index contributed by atoms with van der Waals surface area (Å²) >= 11 is 0. The van der Waals surface area contributed by atoms with Crippen molar-refractivity contribution in [2.75, 3.05) is 11.0 Å². The first-order valence-electron chi connectivity index (χ1n) is 10.4. The molecule has 0 saturated heterocycles. The van der Waals surface area contributed by atoms with Crippen LogP contribution in [0.15, 0.2) is 82.8 Å². The van der Waals surface area contributed by atoms with Crippen molar-refractivity contribution in [3.8, 4) is 0 Å². The van der Waals surface area contributed by atoms with Crippen LogP contribution in [0.5, 0.6) is 0 Å². The fourth-order valence-electron chi connectivity index (χ4n) is 3.84. The molecule has 0 saturated carbocycles. The van der Waals surface area contributed by atoms with Crippen LogP contribution in [0.1, 0.15) is 34.7 Å². The molecule has 0 bridgehead atoms. The van der Waals surface area contributed by atoms with E-state index in [-0.39, 0.29) is 4.90 Å². The van der Waals surface area contributed by atoms with Crippen LogP contribution in [0.4, 0.5) is 5.69 Å². The molecule has 0 fully saturated rings. The zero-order valence-corrected chi connectivity index (χ0v) is 20.2. The molecule has 1 aliphatic heterocycles. The van der Waals surface area contributed by atoms with Gasteiger partial charge in [-0.1, -0.05) is 54.1 Å². The first kappa shape index (κ1) is 23.0. The zero-order chi connectivity index (χ0) is 23.8. The molecule has 0 aromatic heterocycles. The standard InChI is InChI=1S/C24H25N3O4S2/c1-17-8-14-21(15-9-17)33(30,31)27-24(22-7-5-4-6-18(22)2)16-23(25-27)19-10-12-20(13-11-19)26-32(3,28)29/h4-15,24,26H,16H2,1-3H3/t24-/m1/s1. The summed E-state index contributed by atoms with van der Waals surface area (Å²) in [6.45, 7) is 3.86. The average molecular weight is 484 g/mol. The lowest BCUT2D eigenvalue weighted by atomic mass is 9.96. The van der Waals surface area contributed by atoms with Crippen molar-refractivity contribution in [3.63, 3.8) is 0 Å². The fraction of sp³-hybridized carbons (Fsp3) is 0.208. The van der Waals surface area contributed by atoms with Gasteiger partial charge >= 0.3 is 0 Å². The summed E-state index contributed by atoms with van der Waals surface area (Å²) in [5.41, 5.74) is 4.62. The zero-order valence-electron chi connectivity index (χ0n) is 18.6. The van der Waals surface area contributed by atoms with Gasteiger partial charge in [-0.15, -0.1) is 0 Å². The molecule has 0 radical (unpaired) electrons. The Morgan fingerprint density at radius 2 is 1.52 bits per heavy atom. The highest BCUT2D eigenvalue weighted by molar-refractivity contribution is 7.92. The SMILES string of the molecule is Cc1ccc(S(=O)(=O)N2N=C(c3ccc(NS(C)(=O)=O)cc3)C[C@@H]2c2ccccc2C)cc1. The average Bonchev–Trinajstić information content (AvgIpc) is 3.20. The van der Waals surface area contributed by atoms with Gasteiger partial charge in [0.25, 0.3) is 10.0 Å². The van der Waals surface area contributed by atoms with Crippen molar-refractivity contribution in [2.45, 2.75) is 31.2 Å². The van der Waals surface area contributed by atoms with Gasteiger partial charge in [0, 0.05) is 12.1 Å². The van der Waals surface area contributed by atoms with Gasteiger partial charge in [-0.25, -0.2) is 8.42 Å². The minimum absolute atomic E-state index is 0.185. The van der Waals surface area contributed by atoms with Gasteiger partial charge < -0.3 is 0 Å². The number of hydrogen-bond acceptors (Lipinski definition) is 5. The molecule has 1 aliphatic rings. The van der Waals surface area contributed by atoms with E-state index < -0.39 is 26.1 Å². The Labute approximate surface area is 194 Å². The summed E-state index contributed by atoms with van der Waals surface area (Å²) in [7, 11) is -7.28. The number of nitrogens with zero attached hydrogens (tertiary/aromatic N) is 2. The quantitative estimate of drug-likeness (QED) is 0.568. The Bertz CT molecular complexity index is 1410. The van der Waals surface area contributed by atoms with Crippen LogP contribution in [-0.4, -0.2) is 33.2 Å². The summed E-state index contributed by atoms with van der Waals surface area (Å²) < 4.78 is 53.7. The highest BCUT2D eigenvalue weighted by atomic mass is 32.2. The Balaban J connectivity index is 1.75. The molecule has 0 amide bonds. The summed E-state index contributed by atoms with van der Waals surface area (Å²) in [5, 5.41) is 4.56. The van der Waals surface area contributed by atoms with Crippen LogP contribution < -0.4 is 4.72 Å². The maximum atomic E-state index is 13.6. The maximum absolute atomic E-state index is 13.6. The van der Waals surface area contributed by atoms with Gasteiger partial charge in [-0.05, 0) is 54.8 Å². The van der Waals surface area contributed by atoms with E-state index in [2.05, 4.69) is 9.82 Å². The van der Waals surface area contributed by atoms with E-state index in [1.807, 2.05) is 38.1 Å². The molecule has 1 N–H and O–H groups in total. The smallest absolute Gasteiger partial charge is 0.279 e. The summed E-state index contributed by atoms with van der Waals surface area (Å²) in [6, 6.07) is 20.7. The van der Waals surface area contributed by atoms with Crippen LogP contribution >= 0.6 is 0 Å². The molecule has 0 aliphatic carbocycles. The monoisotopic (exact) mass is 483 g/mol. The molecule has 4 rings (SSSR count). The molecule has 0 spiro atoms. The molecule has 3 aromatic carbocycles. The number of benzene rings is 3. The second kappa shape index (κ2) is 8.64. The Morgan fingerprint density at radius 3 is 2.12 bits per heavy atom. The Morgan fingerprint density at radius 1 is 0.879 bits per heavy atom. The van der Waals surface area contributed by atoms with Crippen LogP contribution in [0.25, 0.3) is 0 Å². The van der Waals surface area contributed by atoms with Crippen LogP contribution in [0, 0.1) is 13.8 Å². The predicted octanol–water partition coefficient (Wildman–Crippen LogP) is 4.21. The van der Waals surface area contributed by atoms with Crippen molar-refractivity contribution < 1.29 is 16.8 Å². The van der Waals surface area contributed by atoms with E-state index in [0.29, 0.717) is 17.8 Å². The third kappa shape index (κ3) is 4.94. The molecule has 9 heteroatoms. The fourth-order valence-corrected chi connectivity index (χ4v) is 5.83. The lowest BCUT2D eigenvalue weighted by molar-refractivity contribution is 0.370. The van der Waals surface area contributed by atoms with Gasteiger partial charge in [0.2, 0.25) is 10.0 Å². The maximum Gasteiger partial charge on any atom is 0.279 e. The normalized spacial score (nSPS) is 16.5. The summed E-state index contributed by atoms with van der Waals surface area (Å²) in [4.78, 5) is 0.185. The minimum atomic E-state index is -3.89. The molecular weight excluding hydrogens is 458 g/mol. The number of hydrazone groups is 1. The lowest BCUT2D eigenvalue weighted by Crippen LogP contribution is -2.27. The highest BCUT2D eigenvalue weighted by Crippen LogP contribution is 2.38. The van der Waals surface area contributed by atoms with Crippen LogP contribution in [0.3, 0.4) is 0 Å². The van der Waals surface area contributed by atoms with Gasteiger partial charge in [-0.2, -0.15) is 17.9 Å². The van der Waals surface area contributed by atoms with E-state index in [4.69, 9.17) is 0 Å². The predicted molar refractivity (Wildman–Crippen MR) is 130 cm³/mol. The van der Waals surface area contributed by atoms with E-state index in [9.17, 15) is 16.8 Å².